The molecule has 0 bridgehead atoms. The molecule has 0 aliphatic rings. The van der Waals surface area contributed by atoms with Crippen LogP contribution in [-0.2, 0) is 7.05 Å². The van der Waals surface area contributed by atoms with Gasteiger partial charge in [0.2, 0.25) is 0 Å². The number of hydrogen-bond acceptors (Lipinski definition) is 2. The van der Waals surface area contributed by atoms with Gasteiger partial charge in [0.05, 0.1) is 5.69 Å². The maximum absolute atomic E-state index is 12.2. The number of aryl methyl sites for hydroxylation is 2. The number of nitrogens with zero attached hydrogens (tertiary/aromatic N) is 2. The van der Waals surface area contributed by atoms with Crippen molar-refractivity contribution >= 4 is 29.1 Å². The van der Waals surface area contributed by atoms with Crippen molar-refractivity contribution in [2.75, 3.05) is 10.6 Å². The number of halogens is 1. The van der Waals surface area contributed by atoms with Crippen molar-refractivity contribution in [3.63, 3.8) is 0 Å². The highest BCUT2D eigenvalue weighted by molar-refractivity contribution is 6.31. The molecule has 5 nitrogen and oxygen atoms in total. The summed E-state index contributed by atoms with van der Waals surface area (Å²) in [5, 5.41) is 10.4. The summed E-state index contributed by atoms with van der Waals surface area (Å²) in [4.78, 5) is 12.2. The first-order valence-corrected chi connectivity index (χ1v) is 7.84. The molecule has 2 aromatic carbocycles. The molecular weight excluding hydrogens is 324 g/mol. The van der Waals surface area contributed by atoms with Gasteiger partial charge in [0.1, 0.15) is 0 Å². The fourth-order valence-electron chi connectivity index (χ4n) is 2.41. The molecule has 24 heavy (non-hydrogen) atoms. The normalized spacial score (nSPS) is 10.5. The van der Waals surface area contributed by atoms with Gasteiger partial charge in [-0.1, -0.05) is 48.0 Å². The van der Waals surface area contributed by atoms with Gasteiger partial charge >= 0.3 is 6.03 Å². The average Bonchev–Trinajstić information content (AvgIpc) is 2.92. The van der Waals surface area contributed by atoms with Gasteiger partial charge in [-0.2, -0.15) is 5.10 Å². The molecule has 0 fully saturated rings. The topological polar surface area (TPSA) is 59.0 Å². The number of hydrogen-bond donors (Lipinski definition) is 2. The van der Waals surface area contributed by atoms with Crippen molar-refractivity contribution in [3.05, 3.63) is 65.2 Å². The third-order valence-corrected chi connectivity index (χ3v) is 3.87. The van der Waals surface area contributed by atoms with Gasteiger partial charge < -0.3 is 5.32 Å². The monoisotopic (exact) mass is 340 g/mol. The molecular formula is C18H17ClN4O. The van der Waals surface area contributed by atoms with Gasteiger partial charge in [-0.05, 0) is 30.2 Å². The van der Waals surface area contributed by atoms with Gasteiger partial charge in [0.15, 0.2) is 5.82 Å². The van der Waals surface area contributed by atoms with Crippen molar-refractivity contribution in [2.24, 2.45) is 7.05 Å². The highest BCUT2D eigenvalue weighted by atomic mass is 35.5. The summed E-state index contributed by atoms with van der Waals surface area (Å²) in [6, 6.07) is 16.7. The van der Waals surface area contributed by atoms with Crippen LogP contribution in [0.4, 0.5) is 16.3 Å². The minimum atomic E-state index is -0.363. The molecule has 3 rings (SSSR count). The van der Waals surface area contributed by atoms with E-state index in [1.807, 2.05) is 56.4 Å². The molecule has 122 valence electrons. The lowest BCUT2D eigenvalue weighted by Gasteiger charge is -2.08. The number of carbonyl (C=O) groups is 1. The Morgan fingerprint density at radius 2 is 1.83 bits per heavy atom. The van der Waals surface area contributed by atoms with Crippen molar-refractivity contribution in [1.29, 1.82) is 0 Å². The Labute approximate surface area is 145 Å². The van der Waals surface area contributed by atoms with Crippen LogP contribution in [0, 0.1) is 6.92 Å². The molecule has 3 aromatic rings. The Bertz CT molecular complexity index is 874. The second kappa shape index (κ2) is 6.76. The van der Waals surface area contributed by atoms with E-state index in [-0.39, 0.29) is 6.03 Å². The van der Waals surface area contributed by atoms with E-state index in [1.165, 1.54) is 0 Å². The van der Waals surface area contributed by atoms with Crippen LogP contribution in [0.3, 0.4) is 0 Å². The zero-order valence-electron chi connectivity index (χ0n) is 13.4. The molecule has 0 spiro atoms. The Morgan fingerprint density at radius 1 is 1.08 bits per heavy atom. The van der Waals surface area contributed by atoms with Crippen LogP contribution in [0.5, 0.6) is 0 Å². The quantitative estimate of drug-likeness (QED) is 0.726. The Hall–Kier alpha value is -2.79. The number of aromatic nitrogens is 2. The molecule has 0 aliphatic carbocycles. The van der Waals surface area contributed by atoms with Gasteiger partial charge in [-0.3, -0.25) is 10.00 Å². The summed E-state index contributed by atoms with van der Waals surface area (Å²) < 4.78 is 1.73. The largest absolute Gasteiger partial charge is 0.324 e. The van der Waals surface area contributed by atoms with Crippen LogP contribution >= 0.6 is 11.6 Å². The van der Waals surface area contributed by atoms with Crippen molar-refractivity contribution < 1.29 is 4.79 Å². The molecule has 1 heterocycles. The van der Waals surface area contributed by atoms with E-state index in [4.69, 9.17) is 11.6 Å². The average molecular weight is 341 g/mol. The first-order chi connectivity index (χ1) is 11.5. The Balaban J connectivity index is 1.75. The summed E-state index contributed by atoms with van der Waals surface area (Å²) in [6.07, 6.45) is 0. The molecule has 0 aliphatic heterocycles. The lowest BCUT2D eigenvalue weighted by atomic mass is 10.1. The number of benzene rings is 2. The fraction of sp³-hybridized carbons (Fsp3) is 0.111. The van der Waals surface area contributed by atoms with Crippen LogP contribution in [0.25, 0.3) is 11.3 Å². The molecule has 0 saturated carbocycles. The standard InChI is InChI=1S/C18H17ClN4O/c1-12-8-9-14(19)10-15(12)20-18(24)21-17-11-16(23(2)22-17)13-6-4-3-5-7-13/h3-11H,1-2H3,(H2,20,21,22,24). The van der Waals surface area contributed by atoms with E-state index in [0.29, 0.717) is 16.5 Å². The van der Waals surface area contributed by atoms with Crippen LogP contribution in [0.1, 0.15) is 5.56 Å². The van der Waals surface area contributed by atoms with Gasteiger partial charge in [0.25, 0.3) is 0 Å². The summed E-state index contributed by atoms with van der Waals surface area (Å²) in [5.74, 6) is 0.480. The van der Waals surface area contributed by atoms with Gasteiger partial charge in [0, 0.05) is 23.8 Å². The summed E-state index contributed by atoms with van der Waals surface area (Å²) in [6.45, 7) is 1.90. The summed E-state index contributed by atoms with van der Waals surface area (Å²) >= 11 is 5.97. The van der Waals surface area contributed by atoms with Crippen molar-refractivity contribution in [1.82, 2.24) is 9.78 Å². The molecule has 0 saturated heterocycles. The molecule has 2 N–H and O–H groups in total. The van der Waals surface area contributed by atoms with Crippen molar-refractivity contribution in [2.45, 2.75) is 6.92 Å². The predicted octanol–water partition coefficient (Wildman–Crippen LogP) is 4.69. The molecule has 0 unspecified atom stereocenters. The van der Waals surface area contributed by atoms with E-state index >= 15 is 0 Å². The Morgan fingerprint density at radius 3 is 2.58 bits per heavy atom. The summed E-state index contributed by atoms with van der Waals surface area (Å²) in [5.41, 5.74) is 3.55. The minimum absolute atomic E-state index is 0.363. The number of nitrogens with one attached hydrogen (secondary N) is 2. The molecule has 2 amide bonds. The van der Waals surface area contributed by atoms with E-state index < -0.39 is 0 Å². The first kappa shape index (κ1) is 16.1. The van der Waals surface area contributed by atoms with E-state index in [1.54, 1.807) is 16.8 Å². The molecule has 0 atom stereocenters. The maximum atomic E-state index is 12.2. The number of carbonyl (C=O) groups excluding carboxylic acids is 1. The SMILES string of the molecule is Cc1ccc(Cl)cc1NC(=O)Nc1cc(-c2ccccc2)n(C)n1. The smallest absolute Gasteiger partial charge is 0.307 e. The number of rotatable bonds is 3. The third kappa shape index (κ3) is 3.58. The van der Waals surface area contributed by atoms with Crippen LogP contribution in [0.2, 0.25) is 5.02 Å². The molecule has 6 heteroatoms. The first-order valence-electron chi connectivity index (χ1n) is 7.46. The second-order valence-corrected chi connectivity index (χ2v) is 5.88. The zero-order valence-corrected chi connectivity index (χ0v) is 14.1. The van der Waals surface area contributed by atoms with Crippen LogP contribution in [-0.4, -0.2) is 15.8 Å². The van der Waals surface area contributed by atoms with E-state index in [9.17, 15) is 4.79 Å². The highest BCUT2D eigenvalue weighted by Gasteiger charge is 2.11. The van der Waals surface area contributed by atoms with Gasteiger partial charge in [-0.25, -0.2) is 4.79 Å². The van der Waals surface area contributed by atoms with Gasteiger partial charge in [-0.15, -0.1) is 0 Å². The number of amides is 2. The zero-order chi connectivity index (χ0) is 17.1. The minimum Gasteiger partial charge on any atom is -0.307 e. The maximum Gasteiger partial charge on any atom is 0.324 e. The molecule has 0 radical (unpaired) electrons. The Kier molecular flexibility index (Phi) is 4.53. The van der Waals surface area contributed by atoms with E-state index in [2.05, 4.69) is 15.7 Å². The second-order valence-electron chi connectivity index (χ2n) is 5.44. The number of anilines is 2. The molecule has 1 aromatic heterocycles. The number of urea groups is 1. The highest BCUT2D eigenvalue weighted by Crippen LogP contribution is 2.23. The van der Waals surface area contributed by atoms with Crippen LogP contribution < -0.4 is 10.6 Å². The van der Waals surface area contributed by atoms with E-state index in [0.717, 1.165) is 16.8 Å². The lowest BCUT2D eigenvalue weighted by molar-refractivity contribution is 0.262. The van der Waals surface area contributed by atoms with Crippen molar-refractivity contribution in [3.8, 4) is 11.3 Å². The van der Waals surface area contributed by atoms with Crippen LogP contribution in [0.15, 0.2) is 54.6 Å². The third-order valence-electron chi connectivity index (χ3n) is 3.64. The predicted molar refractivity (Wildman–Crippen MR) is 97.5 cm³/mol. The fourth-order valence-corrected chi connectivity index (χ4v) is 2.58. The summed E-state index contributed by atoms with van der Waals surface area (Å²) in [7, 11) is 1.84. The lowest BCUT2D eigenvalue weighted by Crippen LogP contribution is -2.20.